The molecule has 1 aromatic carbocycles. The molecule has 1 rings (SSSR count). The highest BCUT2D eigenvalue weighted by molar-refractivity contribution is 5.70. The summed E-state index contributed by atoms with van der Waals surface area (Å²) in [5.41, 5.74) is 9.85. The Bertz CT molecular complexity index is 445. The van der Waals surface area contributed by atoms with Crippen molar-refractivity contribution in [1.29, 1.82) is 0 Å². The summed E-state index contributed by atoms with van der Waals surface area (Å²) in [5.74, 6) is -0.831. The van der Waals surface area contributed by atoms with Gasteiger partial charge in [-0.2, -0.15) is 0 Å². The molecule has 0 aliphatic heterocycles. The molecule has 0 radical (unpaired) electrons. The fourth-order valence-electron chi connectivity index (χ4n) is 1.32. The van der Waals surface area contributed by atoms with Gasteiger partial charge >= 0.3 is 5.97 Å². The number of azide groups is 1. The van der Waals surface area contributed by atoms with Crippen LogP contribution in [0.2, 0.25) is 0 Å². The van der Waals surface area contributed by atoms with Crippen LogP contribution in [-0.2, 0) is 11.2 Å². The number of carboxylic acids is 1. The van der Waals surface area contributed by atoms with Gasteiger partial charge in [-0.3, -0.25) is 4.79 Å². The van der Waals surface area contributed by atoms with E-state index in [1.54, 1.807) is 12.1 Å². The van der Waals surface area contributed by atoms with Crippen molar-refractivity contribution in [1.82, 2.24) is 0 Å². The molecule has 17 heavy (non-hydrogen) atoms. The van der Waals surface area contributed by atoms with Gasteiger partial charge in [0.1, 0.15) is 0 Å². The molecule has 0 amide bonds. The fraction of sp³-hybridized carbons (Fsp3) is 0.250. The second-order valence-electron chi connectivity index (χ2n) is 3.46. The Morgan fingerprint density at radius 3 is 2.71 bits per heavy atom. The van der Waals surface area contributed by atoms with Crippen molar-refractivity contribution < 1.29 is 9.90 Å². The monoisotopic (exact) mass is 231 g/mol. The van der Waals surface area contributed by atoms with E-state index in [1.165, 1.54) is 0 Å². The van der Waals surface area contributed by atoms with E-state index in [0.717, 1.165) is 11.1 Å². The van der Waals surface area contributed by atoms with Crippen LogP contribution in [0, 0.1) is 0 Å². The molecule has 0 heterocycles. The van der Waals surface area contributed by atoms with Crippen LogP contribution in [-0.4, -0.2) is 17.6 Å². The molecular formula is C12H13N3O2. The Hall–Kier alpha value is -2.26. The van der Waals surface area contributed by atoms with Crippen LogP contribution >= 0.6 is 0 Å². The van der Waals surface area contributed by atoms with Crippen LogP contribution in [0.3, 0.4) is 0 Å². The maximum absolute atomic E-state index is 10.5. The van der Waals surface area contributed by atoms with Crippen LogP contribution in [0.25, 0.3) is 16.5 Å². The zero-order chi connectivity index (χ0) is 12.5. The van der Waals surface area contributed by atoms with Crippen molar-refractivity contribution in [2.24, 2.45) is 5.11 Å². The number of nitrogens with zero attached hydrogens (tertiary/aromatic N) is 3. The minimum absolute atomic E-state index is 0.0425. The Balaban J connectivity index is 2.50. The highest BCUT2D eigenvalue weighted by atomic mass is 16.4. The van der Waals surface area contributed by atoms with E-state index >= 15 is 0 Å². The van der Waals surface area contributed by atoms with E-state index in [0.29, 0.717) is 13.0 Å². The van der Waals surface area contributed by atoms with E-state index in [-0.39, 0.29) is 6.42 Å². The number of carboxylic acid groups (broad SMARTS) is 1. The lowest BCUT2D eigenvalue weighted by Gasteiger charge is -1.97. The summed E-state index contributed by atoms with van der Waals surface area (Å²) in [6.07, 6.45) is 4.57. The number of benzene rings is 1. The normalized spacial score (nSPS) is 10.1. The summed E-state index contributed by atoms with van der Waals surface area (Å²) in [7, 11) is 0. The minimum Gasteiger partial charge on any atom is -0.481 e. The number of hydrogen-bond donors (Lipinski definition) is 1. The maximum atomic E-state index is 10.5. The van der Waals surface area contributed by atoms with E-state index in [4.69, 9.17) is 10.6 Å². The standard InChI is InChI=1S/C12H13N3O2/c13-15-14-8-2-1-3-10-4-6-11(7-5-10)9-12(16)17/h1,3-7H,2,8-9H2,(H,16,17). The van der Waals surface area contributed by atoms with Crippen LogP contribution in [0.5, 0.6) is 0 Å². The lowest BCUT2D eigenvalue weighted by Crippen LogP contribution is -1.99. The molecule has 0 aliphatic rings. The predicted molar refractivity (Wildman–Crippen MR) is 65.4 cm³/mol. The van der Waals surface area contributed by atoms with E-state index in [1.807, 2.05) is 24.3 Å². The summed E-state index contributed by atoms with van der Waals surface area (Å²) in [4.78, 5) is 13.1. The Morgan fingerprint density at radius 2 is 2.12 bits per heavy atom. The Labute approximate surface area is 99.0 Å². The van der Waals surface area contributed by atoms with Gasteiger partial charge in [-0.1, -0.05) is 41.5 Å². The van der Waals surface area contributed by atoms with E-state index in [2.05, 4.69) is 10.0 Å². The fourth-order valence-corrected chi connectivity index (χ4v) is 1.32. The first-order valence-corrected chi connectivity index (χ1v) is 5.20. The predicted octanol–water partition coefficient (Wildman–Crippen LogP) is 3.03. The van der Waals surface area contributed by atoms with Crippen molar-refractivity contribution in [3.8, 4) is 0 Å². The summed E-state index contributed by atoms with van der Waals surface area (Å²) < 4.78 is 0. The van der Waals surface area contributed by atoms with Gasteiger partial charge in [0.15, 0.2) is 0 Å². The second kappa shape index (κ2) is 7.09. The van der Waals surface area contributed by atoms with Gasteiger partial charge < -0.3 is 5.11 Å². The lowest BCUT2D eigenvalue weighted by molar-refractivity contribution is -0.136. The molecule has 0 aliphatic carbocycles. The van der Waals surface area contributed by atoms with Gasteiger partial charge in [0.25, 0.3) is 0 Å². The molecule has 0 aromatic heterocycles. The molecule has 0 bridgehead atoms. The molecular weight excluding hydrogens is 218 g/mol. The average Bonchev–Trinajstić information content (AvgIpc) is 2.30. The number of hydrogen-bond acceptors (Lipinski definition) is 2. The third-order valence-electron chi connectivity index (χ3n) is 2.10. The second-order valence-corrected chi connectivity index (χ2v) is 3.46. The first-order valence-electron chi connectivity index (χ1n) is 5.20. The molecule has 0 unspecified atom stereocenters. The smallest absolute Gasteiger partial charge is 0.307 e. The van der Waals surface area contributed by atoms with E-state index in [9.17, 15) is 4.79 Å². The largest absolute Gasteiger partial charge is 0.481 e. The molecule has 88 valence electrons. The first-order chi connectivity index (χ1) is 8.22. The number of rotatable bonds is 6. The zero-order valence-corrected chi connectivity index (χ0v) is 9.28. The molecule has 1 N–H and O–H groups in total. The van der Waals surface area contributed by atoms with Gasteiger partial charge in [-0.15, -0.1) is 0 Å². The van der Waals surface area contributed by atoms with Crippen LogP contribution in [0.4, 0.5) is 0 Å². The molecule has 0 saturated carbocycles. The van der Waals surface area contributed by atoms with Crippen molar-refractivity contribution in [3.63, 3.8) is 0 Å². The summed E-state index contributed by atoms with van der Waals surface area (Å²) in [6, 6.07) is 7.31. The van der Waals surface area contributed by atoms with Crippen molar-refractivity contribution in [2.75, 3.05) is 6.54 Å². The van der Waals surface area contributed by atoms with Crippen LogP contribution in [0.15, 0.2) is 35.5 Å². The molecule has 1 aromatic rings. The Morgan fingerprint density at radius 1 is 1.41 bits per heavy atom. The molecule has 0 saturated heterocycles. The Kier molecular flexibility index (Phi) is 5.34. The van der Waals surface area contributed by atoms with E-state index < -0.39 is 5.97 Å². The first kappa shape index (κ1) is 12.8. The highest BCUT2D eigenvalue weighted by Crippen LogP contribution is 2.07. The summed E-state index contributed by atoms with van der Waals surface area (Å²) >= 11 is 0. The third-order valence-corrected chi connectivity index (χ3v) is 2.10. The van der Waals surface area contributed by atoms with Crippen molar-refractivity contribution in [2.45, 2.75) is 12.8 Å². The highest BCUT2D eigenvalue weighted by Gasteiger charge is 1.98. The van der Waals surface area contributed by atoms with Crippen LogP contribution in [0.1, 0.15) is 17.5 Å². The molecule has 5 heteroatoms. The van der Waals surface area contributed by atoms with Gasteiger partial charge in [0.05, 0.1) is 6.42 Å². The number of aliphatic carboxylic acids is 1. The lowest BCUT2D eigenvalue weighted by atomic mass is 10.1. The van der Waals surface area contributed by atoms with Crippen molar-refractivity contribution in [3.05, 3.63) is 51.9 Å². The van der Waals surface area contributed by atoms with Crippen LogP contribution < -0.4 is 0 Å². The topological polar surface area (TPSA) is 86.1 Å². The SMILES string of the molecule is [N-]=[N+]=NCCC=Cc1ccc(CC(=O)O)cc1. The molecule has 0 fully saturated rings. The number of carbonyl (C=O) groups is 1. The third kappa shape index (κ3) is 5.39. The quantitative estimate of drug-likeness (QED) is 0.353. The van der Waals surface area contributed by atoms with Gasteiger partial charge in [0, 0.05) is 11.5 Å². The van der Waals surface area contributed by atoms with Gasteiger partial charge in [0.2, 0.25) is 0 Å². The van der Waals surface area contributed by atoms with Gasteiger partial charge in [-0.05, 0) is 23.1 Å². The summed E-state index contributed by atoms with van der Waals surface area (Å²) in [6.45, 7) is 0.449. The average molecular weight is 231 g/mol. The molecule has 0 atom stereocenters. The molecule has 5 nitrogen and oxygen atoms in total. The maximum Gasteiger partial charge on any atom is 0.307 e. The van der Waals surface area contributed by atoms with Gasteiger partial charge in [-0.25, -0.2) is 0 Å². The van der Waals surface area contributed by atoms with Crippen molar-refractivity contribution >= 4 is 12.0 Å². The summed E-state index contributed by atoms with van der Waals surface area (Å²) in [5, 5.41) is 12.0. The molecule has 0 spiro atoms. The zero-order valence-electron chi connectivity index (χ0n) is 9.28. The minimum atomic E-state index is -0.831.